The van der Waals surface area contributed by atoms with E-state index in [1.165, 1.54) is 142 Å². The lowest BCUT2D eigenvalue weighted by atomic mass is 9.43. The fraction of sp³-hybridized carbons (Fsp3) is 0.186. The molecule has 2 nitrogen and oxygen atoms in total. The van der Waals surface area contributed by atoms with Crippen molar-refractivity contribution in [1.82, 2.24) is 4.57 Å². The number of hydrogen-bond donors (Lipinski definition) is 0. The Morgan fingerprint density at radius 1 is 0.484 bits per heavy atom. The highest BCUT2D eigenvalue weighted by atomic mass is 15.1. The number of benzene rings is 8. The van der Waals surface area contributed by atoms with Crippen molar-refractivity contribution in [3.63, 3.8) is 0 Å². The second kappa shape index (κ2) is 14.2. The van der Waals surface area contributed by atoms with Gasteiger partial charge in [-0.25, -0.2) is 0 Å². The minimum absolute atomic E-state index is 0.0368. The van der Waals surface area contributed by atoms with Gasteiger partial charge in [0.25, 0.3) is 0 Å². The van der Waals surface area contributed by atoms with E-state index in [0.29, 0.717) is 0 Å². The molecule has 0 saturated heterocycles. The van der Waals surface area contributed by atoms with Crippen molar-refractivity contribution >= 4 is 51.0 Å². The van der Waals surface area contributed by atoms with Crippen LogP contribution in [0.2, 0.25) is 0 Å². The zero-order valence-corrected chi connectivity index (χ0v) is 36.3. The van der Waals surface area contributed by atoms with Crippen LogP contribution < -0.4 is 15.7 Å². The van der Waals surface area contributed by atoms with E-state index in [9.17, 15) is 0 Å². The predicted octanol–water partition coefficient (Wildman–Crippen LogP) is 14.3. The number of rotatable bonds is 9. The first kappa shape index (κ1) is 37.2. The lowest BCUT2D eigenvalue weighted by Crippen LogP contribution is -2.60. The Labute approximate surface area is 366 Å². The first-order valence-corrected chi connectivity index (χ1v) is 23.0. The third-order valence-corrected chi connectivity index (χ3v) is 14.5. The summed E-state index contributed by atoms with van der Waals surface area (Å²) < 4.78 is 2.66. The summed E-state index contributed by atoms with van der Waals surface area (Å²) >= 11 is 0. The van der Waals surface area contributed by atoms with Crippen LogP contribution in [0.4, 0.5) is 11.4 Å². The van der Waals surface area contributed by atoms with Crippen LogP contribution in [0.1, 0.15) is 75.6 Å². The molecule has 0 bridgehead atoms. The maximum Gasteiger partial charge on any atom is 0.333 e. The minimum Gasteiger partial charge on any atom is -0.376 e. The van der Waals surface area contributed by atoms with E-state index in [4.69, 9.17) is 0 Å². The summed E-state index contributed by atoms with van der Waals surface area (Å²) in [5.74, 6) is 0. The molecule has 0 fully saturated rings. The molecule has 0 unspecified atom stereocenters. The number of fused-ring (bicyclic) bond motifs is 10. The van der Waals surface area contributed by atoms with Gasteiger partial charge in [0.2, 0.25) is 0 Å². The van der Waals surface area contributed by atoms with Crippen LogP contribution in [0.5, 0.6) is 0 Å². The summed E-state index contributed by atoms with van der Waals surface area (Å²) in [6, 6.07) is 63.0. The molecule has 9 aromatic rings. The minimum atomic E-state index is -0.136. The fourth-order valence-corrected chi connectivity index (χ4v) is 11.4. The van der Waals surface area contributed by atoms with Crippen LogP contribution in [0.25, 0.3) is 72.0 Å². The van der Waals surface area contributed by atoms with E-state index in [-0.39, 0.29) is 12.3 Å². The van der Waals surface area contributed by atoms with Crippen molar-refractivity contribution in [2.75, 3.05) is 4.81 Å². The van der Waals surface area contributed by atoms with Gasteiger partial charge in [0.1, 0.15) is 0 Å². The van der Waals surface area contributed by atoms with Crippen LogP contribution in [0.3, 0.4) is 0 Å². The molecule has 3 aliphatic rings. The smallest absolute Gasteiger partial charge is 0.333 e. The Bertz CT molecular complexity index is 3230. The largest absolute Gasteiger partial charge is 0.376 e. The molecule has 62 heavy (non-hydrogen) atoms. The topological polar surface area (TPSA) is 8.17 Å². The summed E-state index contributed by atoms with van der Waals surface area (Å²) in [5, 5.41) is 2.76. The van der Waals surface area contributed by atoms with E-state index in [0.717, 1.165) is 12.8 Å². The molecular formula is C59H51BN2. The van der Waals surface area contributed by atoms with Gasteiger partial charge in [-0.2, -0.15) is 0 Å². The van der Waals surface area contributed by atoms with Gasteiger partial charge in [-0.05, 0) is 152 Å². The van der Waals surface area contributed by atoms with Crippen molar-refractivity contribution < 1.29 is 0 Å². The summed E-state index contributed by atoms with van der Waals surface area (Å²) in [6.45, 7) is 9.41. The van der Waals surface area contributed by atoms with E-state index in [2.05, 4.69) is 201 Å². The lowest BCUT2D eigenvalue weighted by Gasteiger charge is -2.43. The fourth-order valence-electron chi connectivity index (χ4n) is 11.4. The van der Waals surface area contributed by atoms with E-state index in [1.807, 2.05) is 0 Å². The van der Waals surface area contributed by atoms with E-state index < -0.39 is 0 Å². The van der Waals surface area contributed by atoms with Crippen molar-refractivity contribution in [3.05, 3.63) is 186 Å². The van der Waals surface area contributed by atoms with Gasteiger partial charge >= 0.3 is 6.85 Å². The monoisotopic (exact) mass is 798 g/mol. The van der Waals surface area contributed by atoms with Gasteiger partial charge in [0.05, 0.1) is 11.0 Å². The Morgan fingerprint density at radius 2 is 1.15 bits per heavy atom. The molecule has 0 radical (unpaired) electrons. The molecule has 8 aromatic carbocycles. The zero-order valence-electron chi connectivity index (χ0n) is 36.3. The van der Waals surface area contributed by atoms with Crippen molar-refractivity contribution in [2.45, 2.75) is 71.6 Å². The van der Waals surface area contributed by atoms with E-state index in [1.54, 1.807) is 0 Å². The Kier molecular flexibility index (Phi) is 8.55. The number of nitrogens with zero attached hydrogens (tertiary/aromatic N) is 2. The maximum absolute atomic E-state index is 2.73. The molecular weight excluding hydrogens is 747 g/mol. The van der Waals surface area contributed by atoms with Crippen molar-refractivity contribution in [1.29, 1.82) is 0 Å². The number of hydrogen-bond acceptors (Lipinski definition) is 1. The van der Waals surface area contributed by atoms with Gasteiger partial charge in [-0.1, -0.05) is 150 Å². The van der Waals surface area contributed by atoms with Crippen LogP contribution >= 0.6 is 0 Å². The van der Waals surface area contributed by atoms with Crippen LogP contribution in [-0.4, -0.2) is 11.4 Å². The zero-order chi connectivity index (χ0) is 41.7. The number of anilines is 2. The normalized spacial score (nSPS) is 13.9. The predicted molar refractivity (Wildman–Crippen MR) is 265 cm³/mol. The molecule has 0 atom stereocenters. The molecule has 1 aromatic heterocycles. The number of aromatic nitrogens is 1. The Hall–Kier alpha value is -6.58. The molecule has 300 valence electrons. The molecule has 12 rings (SSSR count). The number of aryl methyl sites for hydroxylation is 2. The molecule has 0 amide bonds. The second-order valence-electron chi connectivity index (χ2n) is 18.6. The van der Waals surface area contributed by atoms with Crippen LogP contribution in [0, 0.1) is 0 Å². The summed E-state index contributed by atoms with van der Waals surface area (Å²) in [5.41, 5.74) is 25.1. The first-order chi connectivity index (χ1) is 30.4. The Balaban J connectivity index is 1.21. The van der Waals surface area contributed by atoms with Crippen LogP contribution in [0.15, 0.2) is 164 Å². The molecule has 3 heteroatoms. The maximum atomic E-state index is 2.73. The van der Waals surface area contributed by atoms with Gasteiger partial charge in [-0.15, -0.1) is 0 Å². The molecule has 3 heterocycles. The molecule has 2 aliphatic heterocycles. The third kappa shape index (κ3) is 5.50. The van der Waals surface area contributed by atoms with Crippen LogP contribution in [-0.2, 0) is 18.3 Å². The highest BCUT2D eigenvalue weighted by molar-refractivity contribution is 6.93. The summed E-state index contributed by atoms with van der Waals surface area (Å²) in [7, 11) is 0. The average molecular weight is 799 g/mol. The van der Waals surface area contributed by atoms with E-state index >= 15 is 0 Å². The summed E-state index contributed by atoms with van der Waals surface area (Å²) in [4.78, 5) is 2.73. The standard InChI is InChI=1S/C59H51BN2/c1-5-7-17-38-25-30-54-47(31-38)50-32-39(18-8-6-2)33-53-58(50)61(54)56-35-43(41-21-13-10-14-22-41)34-49-48-36-46-45-23-15-16-24-51(45)59(3,4)52(46)37-55(48)62(60(53)57(49)56)44-28-26-42(27-29-44)40-19-11-9-12-20-40/h9-16,19-37H,5-8,17-18H2,1-4H3. The molecule has 0 N–H and O–H groups in total. The Morgan fingerprint density at radius 3 is 1.89 bits per heavy atom. The summed E-state index contributed by atoms with van der Waals surface area (Å²) in [6.07, 6.45) is 6.92. The second-order valence-corrected chi connectivity index (χ2v) is 18.6. The van der Waals surface area contributed by atoms with Crippen molar-refractivity contribution in [2.24, 2.45) is 0 Å². The third-order valence-electron chi connectivity index (χ3n) is 14.5. The lowest BCUT2D eigenvalue weighted by molar-refractivity contribution is 0.660. The molecule has 0 spiro atoms. The van der Waals surface area contributed by atoms with Crippen molar-refractivity contribution in [3.8, 4) is 50.2 Å². The average Bonchev–Trinajstić information content (AvgIpc) is 3.76. The SMILES string of the molecule is CCCCc1ccc2c(c1)c1cc(CCCC)cc3c1n2-c1cc(-c2ccccc2)cc2c1B3N(c1ccc(-c3ccccc3)cc1)c1cc3c(cc1-2)-c1ccccc1C3(C)C. The molecule has 0 saturated carbocycles. The first-order valence-electron chi connectivity index (χ1n) is 23.0. The highest BCUT2D eigenvalue weighted by Crippen LogP contribution is 2.54. The number of unbranched alkanes of at least 4 members (excludes halogenated alkanes) is 2. The van der Waals surface area contributed by atoms with Gasteiger partial charge in [-0.3, -0.25) is 0 Å². The highest BCUT2D eigenvalue weighted by Gasteiger charge is 2.46. The van der Waals surface area contributed by atoms with Gasteiger partial charge < -0.3 is 9.38 Å². The quantitative estimate of drug-likeness (QED) is 0.132. The van der Waals surface area contributed by atoms with Gasteiger partial charge in [0.15, 0.2) is 0 Å². The van der Waals surface area contributed by atoms with Gasteiger partial charge in [0, 0.05) is 38.8 Å². The molecule has 1 aliphatic carbocycles.